The largest absolute Gasteiger partial charge is 0.271 e. The number of nitrogens with one attached hydrogen (secondary N) is 1. The van der Waals surface area contributed by atoms with Gasteiger partial charge in [-0.05, 0) is 27.7 Å². The maximum atomic E-state index is 11.9. The second-order valence-electron chi connectivity index (χ2n) is 3.90. The highest BCUT2D eigenvalue weighted by Gasteiger charge is 2.23. The number of rotatable bonds is 3. The summed E-state index contributed by atoms with van der Waals surface area (Å²) >= 11 is 0. The summed E-state index contributed by atoms with van der Waals surface area (Å²) in [5, 5.41) is 4.08. The molecule has 0 amide bonds. The zero-order chi connectivity index (χ0) is 11.8. The van der Waals surface area contributed by atoms with Gasteiger partial charge in [0.1, 0.15) is 4.90 Å². The van der Waals surface area contributed by atoms with E-state index in [4.69, 9.17) is 0 Å². The van der Waals surface area contributed by atoms with Crippen LogP contribution in [0.2, 0.25) is 0 Å². The molecule has 0 aromatic carbocycles. The summed E-state index contributed by atoms with van der Waals surface area (Å²) in [6.45, 7) is 7.02. The van der Waals surface area contributed by atoms with E-state index in [1.165, 1.54) is 0 Å². The van der Waals surface area contributed by atoms with E-state index in [-0.39, 0.29) is 6.04 Å². The summed E-state index contributed by atoms with van der Waals surface area (Å²) in [6, 6.07) is -0.117. The molecule has 0 aliphatic carbocycles. The molecule has 0 aliphatic rings. The van der Waals surface area contributed by atoms with Crippen molar-refractivity contribution in [2.24, 2.45) is 7.05 Å². The van der Waals surface area contributed by atoms with Crippen molar-refractivity contribution in [1.29, 1.82) is 0 Å². The topological polar surface area (TPSA) is 64.0 Å². The van der Waals surface area contributed by atoms with E-state index in [9.17, 15) is 8.42 Å². The monoisotopic (exact) mass is 231 g/mol. The van der Waals surface area contributed by atoms with Gasteiger partial charge in [0, 0.05) is 13.1 Å². The number of aryl methyl sites for hydroxylation is 2. The standard InChI is InChI=1S/C9H17N3O2S/c1-6(2)11-15(13,14)9-7(3)10-12(5)8(9)4/h6,11H,1-5H3. The Morgan fingerprint density at radius 3 is 2.20 bits per heavy atom. The predicted molar refractivity (Wildman–Crippen MR) is 58.1 cm³/mol. The number of hydrogen-bond donors (Lipinski definition) is 1. The molecule has 0 aliphatic heterocycles. The lowest BCUT2D eigenvalue weighted by molar-refractivity contribution is 0.568. The van der Waals surface area contributed by atoms with Gasteiger partial charge in [-0.15, -0.1) is 0 Å². The van der Waals surface area contributed by atoms with Gasteiger partial charge in [-0.1, -0.05) is 0 Å². The number of hydrogen-bond acceptors (Lipinski definition) is 3. The van der Waals surface area contributed by atoms with Crippen molar-refractivity contribution in [3.8, 4) is 0 Å². The van der Waals surface area contributed by atoms with E-state index in [2.05, 4.69) is 9.82 Å². The summed E-state index contributed by atoms with van der Waals surface area (Å²) in [6.07, 6.45) is 0. The highest BCUT2D eigenvalue weighted by atomic mass is 32.2. The first-order valence-electron chi connectivity index (χ1n) is 4.78. The molecule has 1 aromatic heterocycles. The van der Waals surface area contributed by atoms with Gasteiger partial charge in [-0.3, -0.25) is 4.68 Å². The molecule has 6 heteroatoms. The van der Waals surface area contributed by atoms with E-state index in [1.807, 2.05) is 0 Å². The van der Waals surface area contributed by atoms with Gasteiger partial charge in [0.05, 0.1) is 11.4 Å². The minimum atomic E-state index is -3.43. The molecule has 0 unspecified atom stereocenters. The molecule has 0 atom stereocenters. The maximum Gasteiger partial charge on any atom is 0.244 e. The van der Waals surface area contributed by atoms with Crippen molar-refractivity contribution >= 4 is 10.0 Å². The minimum absolute atomic E-state index is 0.117. The van der Waals surface area contributed by atoms with Crippen LogP contribution < -0.4 is 4.72 Å². The maximum absolute atomic E-state index is 11.9. The van der Waals surface area contributed by atoms with Crippen molar-refractivity contribution in [1.82, 2.24) is 14.5 Å². The van der Waals surface area contributed by atoms with Crippen LogP contribution in [0.5, 0.6) is 0 Å². The zero-order valence-electron chi connectivity index (χ0n) is 9.70. The fraction of sp³-hybridized carbons (Fsp3) is 0.667. The van der Waals surface area contributed by atoms with Crippen LogP contribution in [0.15, 0.2) is 4.90 Å². The Hall–Kier alpha value is -0.880. The third-order valence-electron chi connectivity index (χ3n) is 2.10. The van der Waals surface area contributed by atoms with Crippen LogP contribution in [0.1, 0.15) is 25.2 Å². The van der Waals surface area contributed by atoms with Crippen LogP contribution >= 0.6 is 0 Å². The van der Waals surface area contributed by atoms with Crippen LogP contribution in [0, 0.1) is 13.8 Å². The van der Waals surface area contributed by atoms with Crippen molar-refractivity contribution < 1.29 is 8.42 Å². The molecule has 0 radical (unpaired) electrons. The van der Waals surface area contributed by atoms with Gasteiger partial charge in [0.2, 0.25) is 10.0 Å². The third-order valence-corrected chi connectivity index (χ3v) is 4.01. The normalized spacial score (nSPS) is 12.4. The molecular weight excluding hydrogens is 214 g/mol. The molecule has 1 heterocycles. The molecule has 0 spiro atoms. The van der Waals surface area contributed by atoms with Crippen LogP contribution in [0.4, 0.5) is 0 Å². The molecule has 0 bridgehead atoms. The Morgan fingerprint density at radius 1 is 1.33 bits per heavy atom. The lowest BCUT2D eigenvalue weighted by Gasteiger charge is -2.09. The lowest BCUT2D eigenvalue weighted by Crippen LogP contribution is -2.31. The first-order chi connectivity index (χ1) is 6.75. The summed E-state index contributed by atoms with van der Waals surface area (Å²) in [5.74, 6) is 0. The van der Waals surface area contributed by atoms with E-state index in [1.54, 1.807) is 39.4 Å². The fourth-order valence-electron chi connectivity index (χ4n) is 1.51. The van der Waals surface area contributed by atoms with Crippen LogP contribution in [-0.4, -0.2) is 24.2 Å². The van der Waals surface area contributed by atoms with E-state index >= 15 is 0 Å². The first kappa shape index (κ1) is 12.2. The first-order valence-corrected chi connectivity index (χ1v) is 6.26. The molecule has 5 nitrogen and oxygen atoms in total. The van der Waals surface area contributed by atoms with Crippen LogP contribution in [0.25, 0.3) is 0 Å². The fourth-order valence-corrected chi connectivity index (χ4v) is 3.20. The quantitative estimate of drug-likeness (QED) is 0.834. The summed E-state index contributed by atoms with van der Waals surface area (Å²) in [5.41, 5.74) is 1.18. The Labute approximate surface area is 90.5 Å². The molecule has 0 saturated heterocycles. The summed E-state index contributed by atoms with van der Waals surface area (Å²) in [7, 11) is -1.70. The van der Waals surface area contributed by atoms with Gasteiger partial charge < -0.3 is 0 Å². The van der Waals surface area contributed by atoms with Crippen molar-refractivity contribution in [2.45, 2.75) is 38.6 Å². The van der Waals surface area contributed by atoms with Crippen molar-refractivity contribution in [2.75, 3.05) is 0 Å². The van der Waals surface area contributed by atoms with Crippen molar-refractivity contribution in [3.05, 3.63) is 11.4 Å². The molecule has 1 rings (SSSR count). The molecule has 1 N–H and O–H groups in total. The molecular formula is C9H17N3O2S. The van der Waals surface area contributed by atoms with E-state index < -0.39 is 10.0 Å². The molecule has 86 valence electrons. The molecule has 0 saturated carbocycles. The SMILES string of the molecule is Cc1nn(C)c(C)c1S(=O)(=O)NC(C)C. The van der Waals surface area contributed by atoms with Gasteiger partial charge >= 0.3 is 0 Å². The van der Waals surface area contributed by atoms with Crippen LogP contribution in [0.3, 0.4) is 0 Å². The van der Waals surface area contributed by atoms with E-state index in [0.29, 0.717) is 16.3 Å². The van der Waals surface area contributed by atoms with Crippen LogP contribution in [-0.2, 0) is 17.1 Å². The number of nitrogens with zero attached hydrogens (tertiary/aromatic N) is 2. The van der Waals surface area contributed by atoms with Gasteiger partial charge in [0.25, 0.3) is 0 Å². The van der Waals surface area contributed by atoms with Gasteiger partial charge in [-0.2, -0.15) is 5.10 Å². The Balaban J connectivity index is 3.27. The Bertz CT molecular complexity index is 460. The lowest BCUT2D eigenvalue weighted by atomic mass is 10.4. The smallest absolute Gasteiger partial charge is 0.244 e. The Morgan fingerprint density at radius 2 is 1.87 bits per heavy atom. The third kappa shape index (κ3) is 2.38. The zero-order valence-corrected chi connectivity index (χ0v) is 10.5. The predicted octanol–water partition coefficient (Wildman–Crippen LogP) is 0.724. The molecule has 0 fully saturated rings. The number of aromatic nitrogens is 2. The highest BCUT2D eigenvalue weighted by molar-refractivity contribution is 7.89. The van der Waals surface area contributed by atoms with Crippen molar-refractivity contribution in [3.63, 3.8) is 0 Å². The second kappa shape index (κ2) is 3.94. The minimum Gasteiger partial charge on any atom is -0.271 e. The van der Waals surface area contributed by atoms with E-state index in [0.717, 1.165) is 0 Å². The summed E-state index contributed by atoms with van der Waals surface area (Å²) < 4.78 is 28.0. The average molecular weight is 231 g/mol. The Kier molecular flexibility index (Phi) is 3.20. The summed E-state index contributed by atoms with van der Waals surface area (Å²) in [4.78, 5) is 0.290. The molecule has 1 aromatic rings. The average Bonchev–Trinajstić information content (AvgIpc) is 2.23. The number of sulfonamides is 1. The highest BCUT2D eigenvalue weighted by Crippen LogP contribution is 2.18. The van der Waals surface area contributed by atoms with Gasteiger partial charge in [-0.25, -0.2) is 13.1 Å². The van der Waals surface area contributed by atoms with Gasteiger partial charge in [0.15, 0.2) is 0 Å². The molecule has 15 heavy (non-hydrogen) atoms. The second-order valence-corrected chi connectivity index (χ2v) is 5.55.